The van der Waals surface area contributed by atoms with Crippen LogP contribution in [-0.4, -0.2) is 73.0 Å². The summed E-state index contributed by atoms with van der Waals surface area (Å²) >= 11 is 3.45. The first-order valence-electron chi connectivity index (χ1n) is 10.9. The van der Waals surface area contributed by atoms with E-state index in [4.69, 9.17) is 4.74 Å². The molecular formula is C24H30BrN3O2. The molecule has 2 aliphatic heterocycles. The second-order valence-corrected chi connectivity index (χ2v) is 8.99. The highest BCUT2D eigenvalue weighted by Gasteiger charge is 2.30. The van der Waals surface area contributed by atoms with Crippen LogP contribution >= 0.6 is 15.9 Å². The molecule has 2 heterocycles. The van der Waals surface area contributed by atoms with Crippen molar-refractivity contribution in [1.82, 2.24) is 14.7 Å². The van der Waals surface area contributed by atoms with Gasteiger partial charge in [0.15, 0.2) is 0 Å². The van der Waals surface area contributed by atoms with Crippen molar-refractivity contribution in [2.75, 3.05) is 52.4 Å². The number of likely N-dealkylation sites (tertiary alicyclic amines) is 1. The van der Waals surface area contributed by atoms with Crippen LogP contribution in [0.2, 0.25) is 0 Å². The van der Waals surface area contributed by atoms with E-state index in [0.717, 1.165) is 49.3 Å². The molecule has 5 nitrogen and oxygen atoms in total. The molecule has 0 aromatic heterocycles. The Labute approximate surface area is 187 Å². The minimum atomic E-state index is -0.622. The van der Waals surface area contributed by atoms with E-state index in [9.17, 15) is 4.79 Å². The van der Waals surface area contributed by atoms with E-state index in [2.05, 4.69) is 25.7 Å². The van der Waals surface area contributed by atoms with Crippen molar-refractivity contribution >= 4 is 21.8 Å². The highest BCUT2D eigenvalue weighted by Crippen LogP contribution is 2.26. The van der Waals surface area contributed by atoms with Gasteiger partial charge in [0.2, 0.25) is 6.10 Å². The summed E-state index contributed by atoms with van der Waals surface area (Å²) in [6.07, 6.45) is 2.05. The number of carbonyl (C=O) groups is 1. The summed E-state index contributed by atoms with van der Waals surface area (Å²) < 4.78 is 7.17. The summed E-state index contributed by atoms with van der Waals surface area (Å²) in [5, 5.41) is 0. The third kappa shape index (κ3) is 5.62. The summed E-state index contributed by atoms with van der Waals surface area (Å²) in [6.45, 7) is 8.10. The molecule has 1 amide bonds. The number of benzene rings is 2. The van der Waals surface area contributed by atoms with Crippen LogP contribution in [0.5, 0.6) is 5.75 Å². The smallest absolute Gasteiger partial charge is 0.268 e. The van der Waals surface area contributed by atoms with Crippen LogP contribution in [0.25, 0.3) is 0 Å². The molecule has 6 heteroatoms. The summed E-state index contributed by atoms with van der Waals surface area (Å²) in [5.41, 5.74) is 0.891. The third-order valence-electron chi connectivity index (χ3n) is 6.01. The molecule has 1 unspecified atom stereocenters. The Morgan fingerprint density at radius 2 is 1.43 bits per heavy atom. The van der Waals surface area contributed by atoms with E-state index >= 15 is 0 Å². The van der Waals surface area contributed by atoms with E-state index in [1.54, 1.807) is 0 Å². The highest BCUT2D eigenvalue weighted by molar-refractivity contribution is 9.10. The van der Waals surface area contributed by atoms with Crippen LogP contribution in [0.1, 0.15) is 24.5 Å². The van der Waals surface area contributed by atoms with Crippen molar-refractivity contribution in [2.45, 2.75) is 18.9 Å². The van der Waals surface area contributed by atoms with Crippen molar-refractivity contribution in [3.63, 3.8) is 0 Å². The number of amides is 1. The van der Waals surface area contributed by atoms with Crippen molar-refractivity contribution in [3.05, 3.63) is 64.6 Å². The van der Waals surface area contributed by atoms with Crippen molar-refractivity contribution < 1.29 is 9.53 Å². The average Bonchev–Trinajstić information content (AvgIpc) is 3.32. The third-order valence-corrected chi connectivity index (χ3v) is 6.54. The molecule has 2 aromatic carbocycles. The van der Waals surface area contributed by atoms with Crippen LogP contribution in [-0.2, 0) is 4.79 Å². The van der Waals surface area contributed by atoms with Gasteiger partial charge in [0.1, 0.15) is 5.75 Å². The molecule has 0 bridgehead atoms. The summed E-state index contributed by atoms with van der Waals surface area (Å²) in [5.74, 6) is 0.743. The summed E-state index contributed by atoms with van der Waals surface area (Å²) in [7, 11) is 0. The first kappa shape index (κ1) is 21.3. The molecule has 2 aliphatic rings. The summed E-state index contributed by atoms with van der Waals surface area (Å²) in [6, 6.07) is 17.5. The second kappa shape index (κ2) is 10.4. The van der Waals surface area contributed by atoms with Gasteiger partial charge in [-0.3, -0.25) is 9.69 Å². The lowest BCUT2D eigenvalue weighted by atomic mass is 10.1. The van der Waals surface area contributed by atoms with Crippen molar-refractivity contribution in [3.8, 4) is 5.75 Å². The predicted octanol–water partition coefficient (Wildman–Crippen LogP) is 3.81. The lowest BCUT2D eigenvalue weighted by molar-refractivity contribution is -0.140. The molecule has 2 saturated heterocycles. The molecule has 160 valence electrons. The lowest BCUT2D eigenvalue weighted by Crippen LogP contribution is -2.51. The van der Waals surface area contributed by atoms with Gasteiger partial charge in [0.05, 0.1) is 0 Å². The fraction of sp³-hybridized carbons (Fsp3) is 0.458. The number of carbonyl (C=O) groups excluding carboxylic acids is 1. The Balaban J connectivity index is 1.37. The maximum absolute atomic E-state index is 13.4. The number of nitrogens with zero attached hydrogens (tertiary/aromatic N) is 3. The number of ether oxygens (including phenoxy) is 1. The average molecular weight is 472 g/mol. The number of rotatable bonds is 7. The van der Waals surface area contributed by atoms with Crippen molar-refractivity contribution in [2.24, 2.45) is 0 Å². The maximum atomic E-state index is 13.4. The SMILES string of the molecule is O=C(C(Oc1ccc(Br)cc1)c1ccccc1)N1CCN(CCN2CCCC2)CC1. The Bertz CT molecular complexity index is 801. The Hall–Kier alpha value is -1.89. The zero-order valence-electron chi connectivity index (χ0n) is 17.4. The quantitative estimate of drug-likeness (QED) is 0.614. The molecule has 0 spiro atoms. The molecule has 0 radical (unpaired) electrons. The van der Waals surface area contributed by atoms with Gasteiger partial charge in [-0.2, -0.15) is 0 Å². The van der Waals surface area contributed by atoms with Gasteiger partial charge >= 0.3 is 0 Å². The van der Waals surface area contributed by atoms with E-state index in [1.165, 1.54) is 25.9 Å². The zero-order chi connectivity index (χ0) is 20.8. The molecular weight excluding hydrogens is 442 g/mol. The topological polar surface area (TPSA) is 36.0 Å². The standard InChI is InChI=1S/C24H30BrN3O2/c25-21-8-10-22(11-9-21)30-23(20-6-2-1-3-7-20)24(29)28-18-16-27(17-19-28)15-14-26-12-4-5-13-26/h1-3,6-11,23H,4-5,12-19H2. The summed E-state index contributed by atoms with van der Waals surface area (Å²) in [4.78, 5) is 20.4. The maximum Gasteiger partial charge on any atom is 0.268 e. The van der Waals surface area contributed by atoms with Gasteiger partial charge in [-0.25, -0.2) is 0 Å². The Kier molecular flexibility index (Phi) is 7.42. The van der Waals surface area contributed by atoms with Crippen molar-refractivity contribution in [1.29, 1.82) is 0 Å². The molecule has 4 rings (SSSR count). The van der Waals surface area contributed by atoms with Crippen LogP contribution < -0.4 is 4.74 Å². The van der Waals surface area contributed by atoms with E-state index in [0.29, 0.717) is 5.75 Å². The lowest BCUT2D eigenvalue weighted by Gasteiger charge is -2.37. The van der Waals surface area contributed by atoms with Gasteiger partial charge in [0, 0.05) is 49.3 Å². The molecule has 0 N–H and O–H groups in total. The monoisotopic (exact) mass is 471 g/mol. The molecule has 0 saturated carbocycles. The number of piperazine rings is 1. The molecule has 1 atom stereocenters. The zero-order valence-corrected chi connectivity index (χ0v) is 19.0. The van der Waals surface area contributed by atoms with Crippen LogP contribution in [0.15, 0.2) is 59.1 Å². The fourth-order valence-electron chi connectivity index (χ4n) is 4.18. The van der Waals surface area contributed by atoms with Gasteiger partial charge in [-0.05, 0) is 50.2 Å². The Morgan fingerprint density at radius 1 is 0.833 bits per heavy atom. The van der Waals surface area contributed by atoms with Crippen LogP contribution in [0, 0.1) is 0 Å². The van der Waals surface area contributed by atoms with Gasteiger partial charge in [-0.1, -0.05) is 46.3 Å². The van der Waals surface area contributed by atoms with E-state index in [1.807, 2.05) is 59.5 Å². The highest BCUT2D eigenvalue weighted by atomic mass is 79.9. The minimum Gasteiger partial charge on any atom is -0.476 e. The van der Waals surface area contributed by atoms with Crippen LogP contribution in [0.4, 0.5) is 0 Å². The largest absolute Gasteiger partial charge is 0.476 e. The number of hydrogen-bond acceptors (Lipinski definition) is 4. The van der Waals surface area contributed by atoms with E-state index < -0.39 is 6.10 Å². The second-order valence-electron chi connectivity index (χ2n) is 8.08. The van der Waals surface area contributed by atoms with Gasteiger partial charge < -0.3 is 14.5 Å². The van der Waals surface area contributed by atoms with Gasteiger partial charge in [0.25, 0.3) is 5.91 Å². The molecule has 30 heavy (non-hydrogen) atoms. The Morgan fingerprint density at radius 3 is 2.07 bits per heavy atom. The first-order valence-corrected chi connectivity index (χ1v) is 11.7. The van der Waals surface area contributed by atoms with E-state index in [-0.39, 0.29) is 5.91 Å². The molecule has 2 aromatic rings. The number of halogens is 1. The fourth-order valence-corrected chi connectivity index (χ4v) is 4.45. The minimum absolute atomic E-state index is 0.0447. The molecule has 0 aliphatic carbocycles. The normalized spacial score (nSPS) is 19.0. The first-order chi connectivity index (χ1) is 14.7. The van der Waals surface area contributed by atoms with Gasteiger partial charge in [-0.15, -0.1) is 0 Å². The van der Waals surface area contributed by atoms with Crippen LogP contribution in [0.3, 0.4) is 0 Å². The predicted molar refractivity (Wildman–Crippen MR) is 123 cm³/mol. The number of hydrogen-bond donors (Lipinski definition) is 0. The molecule has 2 fully saturated rings.